The number of aromatic nitrogens is 3. The first kappa shape index (κ1) is 20.9. The van der Waals surface area contributed by atoms with E-state index in [-0.39, 0.29) is 9.79 Å². The van der Waals surface area contributed by atoms with Gasteiger partial charge < -0.3 is 0 Å². The number of fused-ring (bicyclic) bond motifs is 5. The highest BCUT2D eigenvalue weighted by atomic mass is 35.5. The minimum absolute atomic E-state index is 0.00171. The maximum atomic E-state index is 13.5. The van der Waals surface area contributed by atoms with E-state index < -0.39 is 32.1 Å². The maximum Gasteiger partial charge on any atom is 0.284 e. The van der Waals surface area contributed by atoms with Gasteiger partial charge in [0.1, 0.15) is 11.4 Å². The van der Waals surface area contributed by atoms with E-state index in [1.165, 1.54) is 52.8 Å². The zero-order valence-corrected chi connectivity index (χ0v) is 19.0. The van der Waals surface area contributed by atoms with Crippen molar-refractivity contribution >= 4 is 43.2 Å². The Bertz CT molecular complexity index is 1370. The summed E-state index contributed by atoms with van der Waals surface area (Å²) in [5.41, 5.74) is 0.688. The monoisotopic (exact) mass is 498 g/mol. The fourth-order valence-electron chi connectivity index (χ4n) is 4.26. The predicted octanol–water partition coefficient (Wildman–Crippen LogP) is 3.79. The van der Waals surface area contributed by atoms with E-state index in [1.807, 2.05) is 0 Å². The van der Waals surface area contributed by atoms with Gasteiger partial charge in [-0.1, -0.05) is 28.4 Å². The summed E-state index contributed by atoms with van der Waals surface area (Å²) in [6.45, 7) is 0. The molecule has 0 amide bonds. The molecular weight excluding hydrogens is 483 g/mol. The Morgan fingerprint density at radius 3 is 1.87 bits per heavy atom. The van der Waals surface area contributed by atoms with Crippen molar-refractivity contribution in [2.24, 2.45) is 0 Å². The van der Waals surface area contributed by atoms with Gasteiger partial charge in [-0.05, 0) is 67.8 Å². The molecule has 2 bridgehead atoms. The summed E-state index contributed by atoms with van der Waals surface area (Å²) in [5, 5.41) is 8.83. The Labute approximate surface area is 189 Å². The van der Waals surface area contributed by atoms with Gasteiger partial charge in [-0.3, -0.25) is 0 Å². The number of hydrogen-bond donors (Lipinski definition) is 0. The SMILES string of the molecule is O=S(=O)(c1ccc(Cl)cc1)N1C2CCCC1c1c2nnn1S(=O)(=O)c1ccc(Cl)cc1. The van der Waals surface area contributed by atoms with Crippen LogP contribution in [0.25, 0.3) is 0 Å². The molecule has 1 aromatic heterocycles. The lowest BCUT2D eigenvalue weighted by Crippen LogP contribution is -2.37. The highest BCUT2D eigenvalue weighted by Crippen LogP contribution is 2.52. The third-order valence-corrected chi connectivity index (χ3v) is 9.66. The van der Waals surface area contributed by atoms with E-state index in [1.54, 1.807) is 0 Å². The standard InChI is InChI=1S/C19H16Cl2N4O4S2/c20-12-4-8-14(9-5-12)30(26,27)24-16-2-1-3-17(24)19-18(16)22-23-25(19)31(28,29)15-10-6-13(21)7-11-15/h4-11,16-17H,1-3H2. The van der Waals surface area contributed by atoms with E-state index in [9.17, 15) is 16.8 Å². The molecule has 2 aliphatic heterocycles. The lowest BCUT2D eigenvalue weighted by molar-refractivity contribution is 0.206. The molecule has 1 fully saturated rings. The summed E-state index contributed by atoms with van der Waals surface area (Å²) < 4.78 is 55.7. The average Bonchev–Trinajstić information content (AvgIpc) is 3.26. The van der Waals surface area contributed by atoms with Crippen LogP contribution >= 0.6 is 23.2 Å². The van der Waals surface area contributed by atoms with Crippen LogP contribution < -0.4 is 0 Å². The largest absolute Gasteiger partial charge is 0.284 e. The number of piperidine rings is 1. The van der Waals surface area contributed by atoms with Crippen molar-refractivity contribution in [3.8, 4) is 0 Å². The van der Waals surface area contributed by atoms with Crippen LogP contribution in [0.2, 0.25) is 10.0 Å². The van der Waals surface area contributed by atoms with Crippen molar-refractivity contribution in [2.75, 3.05) is 0 Å². The van der Waals surface area contributed by atoms with E-state index in [0.29, 0.717) is 34.3 Å². The summed E-state index contributed by atoms with van der Waals surface area (Å²) in [7, 11) is -7.97. The first-order valence-corrected chi connectivity index (χ1v) is 13.1. The van der Waals surface area contributed by atoms with Crippen LogP contribution in [-0.4, -0.2) is 35.5 Å². The molecule has 0 aliphatic carbocycles. The van der Waals surface area contributed by atoms with Gasteiger partial charge >= 0.3 is 0 Å². The van der Waals surface area contributed by atoms with Crippen LogP contribution in [0, 0.1) is 0 Å². The number of nitrogens with zero attached hydrogens (tertiary/aromatic N) is 4. The van der Waals surface area contributed by atoms with Crippen LogP contribution in [0.3, 0.4) is 0 Å². The van der Waals surface area contributed by atoms with Crippen molar-refractivity contribution in [1.29, 1.82) is 0 Å². The molecule has 2 atom stereocenters. The van der Waals surface area contributed by atoms with Crippen molar-refractivity contribution in [2.45, 2.75) is 41.1 Å². The van der Waals surface area contributed by atoms with Gasteiger partial charge in [0.2, 0.25) is 10.0 Å². The van der Waals surface area contributed by atoms with Crippen molar-refractivity contribution in [3.63, 3.8) is 0 Å². The lowest BCUT2D eigenvalue weighted by atomic mass is 10.1. The van der Waals surface area contributed by atoms with Gasteiger partial charge in [0.15, 0.2) is 0 Å². The highest BCUT2D eigenvalue weighted by molar-refractivity contribution is 7.90. The Hall–Kier alpha value is -1.98. The average molecular weight is 499 g/mol. The molecule has 3 aromatic rings. The van der Waals surface area contributed by atoms with Crippen molar-refractivity contribution in [1.82, 2.24) is 18.7 Å². The van der Waals surface area contributed by atoms with Crippen molar-refractivity contribution in [3.05, 3.63) is 70.0 Å². The Morgan fingerprint density at radius 2 is 1.29 bits per heavy atom. The molecule has 2 unspecified atom stereocenters. The predicted molar refractivity (Wildman–Crippen MR) is 114 cm³/mol. The molecule has 5 rings (SSSR count). The molecular formula is C19H16Cl2N4O4S2. The highest BCUT2D eigenvalue weighted by Gasteiger charge is 2.52. The smallest absolute Gasteiger partial charge is 0.207 e. The van der Waals surface area contributed by atoms with E-state index in [0.717, 1.165) is 10.5 Å². The molecule has 2 aliphatic rings. The van der Waals surface area contributed by atoms with Gasteiger partial charge in [0.05, 0.1) is 21.9 Å². The van der Waals surface area contributed by atoms with Crippen LogP contribution in [0.5, 0.6) is 0 Å². The number of hydrogen-bond acceptors (Lipinski definition) is 6. The second-order valence-corrected chi connectivity index (χ2v) is 11.9. The zero-order valence-electron chi connectivity index (χ0n) is 15.9. The van der Waals surface area contributed by atoms with Crippen LogP contribution in [-0.2, 0) is 20.0 Å². The number of benzene rings is 2. The summed E-state index contributed by atoms with van der Waals surface area (Å²) >= 11 is 11.8. The molecule has 3 heterocycles. The fourth-order valence-corrected chi connectivity index (χ4v) is 7.60. The molecule has 12 heteroatoms. The quantitative estimate of drug-likeness (QED) is 0.541. The van der Waals surface area contributed by atoms with Crippen LogP contribution in [0.4, 0.5) is 0 Å². The van der Waals surface area contributed by atoms with Gasteiger partial charge in [-0.25, -0.2) is 8.42 Å². The second kappa shape index (κ2) is 7.28. The van der Waals surface area contributed by atoms with Crippen LogP contribution in [0.15, 0.2) is 58.3 Å². The van der Waals surface area contributed by atoms with Gasteiger partial charge in [0, 0.05) is 10.0 Å². The zero-order chi connectivity index (χ0) is 22.0. The fraction of sp³-hybridized carbons (Fsp3) is 0.263. The Morgan fingerprint density at radius 1 is 0.774 bits per heavy atom. The molecule has 0 saturated carbocycles. The molecule has 1 saturated heterocycles. The second-order valence-electron chi connectivity index (χ2n) is 7.41. The molecule has 0 spiro atoms. The van der Waals surface area contributed by atoms with Gasteiger partial charge in [-0.15, -0.1) is 9.19 Å². The molecule has 8 nitrogen and oxygen atoms in total. The van der Waals surface area contributed by atoms with E-state index >= 15 is 0 Å². The molecule has 162 valence electrons. The third-order valence-electron chi connectivity index (χ3n) is 5.63. The van der Waals surface area contributed by atoms with Crippen LogP contribution in [0.1, 0.15) is 42.7 Å². The minimum atomic E-state index is -4.07. The van der Waals surface area contributed by atoms with Gasteiger partial charge in [0.25, 0.3) is 10.0 Å². The maximum absolute atomic E-state index is 13.5. The number of rotatable bonds is 4. The summed E-state index contributed by atoms with van der Waals surface area (Å²) in [6.07, 6.45) is 1.76. The molecule has 0 radical (unpaired) electrons. The summed E-state index contributed by atoms with van der Waals surface area (Å²) in [5.74, 6) is 0. The first-order chi connectivity index (χ1) is 14.7. The third kappa shape index (κ3) is 3.20. The molecule has 31 heavy (non-hydrogen) atoms. The van der Waals surface area contributed by atoms with Crippen molar-refractivity contribution < 1.29 is 16.8 Å². The first-order valence-electron chi connectivity index (χ1n) is 9.47. The van der Waals surface area contributed by atoms with E-state index in [4.69, 9.17) is 23.2 Å². The molecule has 2 aromatic carbocycles. The number of sulfonamides is 1. The summed E-state index contributed by atoms with van der Waals surface area (Å²) in [6, 6.07) is 10.4. The molecule has 0 N–H and O–H groups in total. The normalized spacial score (nSPS) is 21.2. The Balaban J connectivity index is 1.62. The minimum Gasteiger partial charge on any atom is -0.207 e. The van der Waals surface area contributed by atoms with Gasteiger partial charge in [-0.2, -0.15) is 12.7 Å². The summed E-state index contributed by atoms with van der Waals surface area (Å²) in [4.78, 5) is 0.0946. The number of halogens is 2. The Kier molecular flexibility index (Phi) is 4.91. The van der Waals surface area contributed by atoms with E-state index in [2.05, 4.69) is 10.3 Å². The lowest BCUT2D eigenvalue weighted by Gasteiger charge is -2.33. The topological polar surface area (TPSA) is 102 Å².